The second kappa shape index (κ2) is 6.34. The van der Waals surface area contributed by atoms with E-state index in [1.165, 1.54) is 6.07 Å². The van der Waals surface area contributed by atoms with E-state index in [9.17, 15) is 14.0 Å². The topological polar surface area (TPSA) is 64.0 Å². The van der Waals surface area contributed by atoms with Gasteiger partial charge in [-0.3, -0.25) is 0 Å². The Morgan fingerprint density at radius 1 is 1.19 bits per heavy atom. The molecule has 0 bridgehead atoms. The first-order valence-electron chi connectivity index (χ1n) is 8.44. The summed E-state index contributed by atoms with van der Waals surface area (Å²) in [4.78, 5) is 0. The highest BCUT2D eigenvalue weighted by atomic mass is 19.3. The zero-order valence-corrected chi connectivity index (χ0v) is 14.0. The molecule has 0 radical (unpaired) electrons. The molecule has 6 heteroatoms. The molecule has 0 atom stereocenters. The number of nitriles is 1. The molecule has 0 unspecified atom stereocenters. The molecule has 1 fully saturated rings. The lowest BCUT2D eigenvalue weighted by Gasteiger charge is -2.12. The molecule has 1 aliphatic rings. The Kier molecular flexibility index (Phi) is 4.00. The number of halogens is 2. The first-order valence-corrected chi connectivity index (χ1v) is 8.44. The number of aromatic nitrogens is 1. The summed E-state index contributed by atoms with van der Waals surface area (Å²) in [7, 11) is 0. The summed E-state index contributed by atoms with van der Waals surface area (Å²) in [6, 6.07) is 14.4. The number of hydrogen-bond donors (Lipinski definition) is 1. The molecule has 0 amide bonds. The average molecular weight is 353 g/mol. The van der Waals surface area contributed by atoms with Gasteiger partial charge >= 0.3 is 6.61 Å². The zero-order chi connectivity index (χ0) is 18.3. The molecule has 4 nitrogen and oxygen atoms in total. The van der Waals surface area contributed by atoms with E-state index in [4.69, 9.17) is 5.73 Å². The molecule has 0 spiro atoms. The van der Waals surface area contributed by atoms with Crippen LogP contribution in [0, 0.1) is 17.2 Å². The molecular weight excluding hydrogens is 336 g/mol. The van der Waals surface area contributed by atoms with Crippen molar-refractivity contribution >= 4 is 16.6 Å². The van der Waals surface area contributed by atoms with E-state index < -0.39 is 6.61 Å². The molecule has 1 heterocycles. The zero-order valence-electron chi connectivity index (χ0n) is 14.0. The number of hydrogen-bond acceptors (Lipinski definition) is 3. The van der Waals surface area contributed by atoms with E-state index in [1.54, 1.807) is 24.3 Å². The molecule has 26 heavy (non-hydrogen) atoms. The summed E-state index contributed by atoms with van der Waals surface area (Å²) in [6.07, 6.45) is 2.27. The van der Waals surface area contributed by atoms with Crippen molar-refractivity contribution in [3.63, 3.8) is 0 Å². The predicted octanol–water partition coefficient (Wildman–Crippen LogP) is 4.77. The third kappa shape index (κ3) is 2.97. The van der Waals surface area contributed by atoms with Gasteiger partial charge in [-0.2, -0.15) is 14.0 Å². The monoisotopic (exact) mass is 353 g/mol. The fraction of sp³-hybridized carbons (Fsp3) is 0.250. The van der Waals surface area contributed by atoms with Gasteiger partial charge in [-0.25, -0.2) is 0 Å². The van der Waals surface area contributed by atoms with Gasteiger partial charge in [-0.15, -0.1) is 0 Å². The number of benzene rings is 2. The molecule has 0 aliphatic heterocycles. The van der Waals surface area contributed by atoms with Crippen LogP contribution < -0.4 is 10.5 Å². The van der Waals surface area contributed by atoms with Crippen molar-refractivity contribution in [2.75, 3.05) is 5.73 Å². The van der Waals surface area contributed by atoms with Crippen molar-refractivity contribution in [1.82, 2.24) is 4.57 Å². The van der Waals surface area contributed by atoms with Crippen LogP contribution in [0.1, 0.15) is 18.4 Å². The number of alkyl halides is 2. The van der Waals surface area contributed by atoms with E-state index in [0.717, 1.165) is 41.5 Å². The molecule has 132 valence electrons. The molecule has 1 saturated carbocycles. The minimum atomic E-state index is -2.88. The molecule has 3 aromatic rings. The lowest BCUT2D eigenvalue weighted by atomic mass is 10.1. The fourth-order valence-electron chi connectivity index (χ4n) is 3.31. The Bertz CT molecular complexity index is 999. The summed E-state index contributed by atoms with van der Waals surface area (Å²) in [6.45, 7) is -2.14. The molecule has 1 aromatic heterocycles. The van der Waals surface area contributed by atoms with Gasteiger partial charge in [0.1, 0.15) is 11.8 Å². The van der Waals surface area contributed by atoms with Crippen LogP contribution in [-0.4, -0.2) is 11.2 Å². The number of nitrogen functional groups attached to an aromatic ring is 1. The molecule has 2 aromatic carbocycles. The average Bonchev–Trinajstić information content (AvgIpc) is 3.38. The maximum Gasteiger partial charge on any atom is 0.387 e. The van der Waals surface area contributed by atoms with Crippen LogP contribution >= 0.6 is 0 Å². The summed E-state index contributed by atoms with van der Waals surface area (Å²) in [5, 5.41) is 10.5. The number of nitrogens with two attached hydrogens (primary N) is 1. The van der Waals surface area contributed by atoms with Crippen molar-refractivity contribution in [3.8, 4) is 23.1 Å². The minimum absolute atomic E-state index is 0.0930. The van der Waals surface area contributed by atoms with Crippen molar-refractivity contribution < 1.29 is 13.5 Å². The molecule has 1 aliphatic carbocycles. The maximum absolute atomic E-state index is 12.6. The second-order valence-electron chi connectivity index (χ2n) is 6.57. The van der Waals surface area contributed by atoms with Gasteiger partial charge < -0.3 is 15.0 Å². The Morgan fingerprint density at radius 3 is 2.54 bits per heavy atom. The van der Waals surface area contributed by atoms with Gasteiger partial charge in [-0.05, 0) is 48.6 Å². The van der Waals surface area contributed by atoms with E-state index in [1.807, 2.05) is 12.1 Å². The summed E-state index contributed by atoms with van der Waals surface area (Å²) >= 11 is 0. The lowest BCUT2D eigenvalue weighted by molar-refractivity contribution is -0.0497. The van der Waals surface area contributed by atoms with Crippen molar-refractivity contribution in [2.45, 2.75) is 26.0 Å². The van der Waals surface area contributed by atoms with Crippen molar-refractivity contribution in [1.29, 1.82) is 5.26 Å². The van der Waals surface area contributed by atoms with Gasteiger partial charge in [0.05, 0.1) is 16.8 Å². The number of anilines is 1. The summed E-state index contributed by atoms with van der Waals surface area (Å²) in [5.41, 5.74) is 9.37. The van der Waals surface area contributed by atoms with Gasteiger partial charge in [0.2, 0.25) is 0 Å². The third-order valence-corrected chi connectivity index (χ3v) is 4.69. The molecular formula is C20H17F2N3O. The molecule has 2 N–H and O–H groups in total. The maximum atomic E-state index is 12.6. The number of rotatable bonds is 5. The van der Waals surface area contributed by atoms with Gasteiger partial charge in [0.25, 0.3) is 0 Å². The van der Waals surface area contributed by atoms with Crippen LogP contribution in [0.2, 0.25) is 0 Å². The predicted molar refractivity (Wildman–Crippen MR) is 95.9 cm³/mol. The Labute approximate surface area is 149 Å². The number of fused-ring (bicyclic) bond motifs is 1. The van der Waals surface area contributed by atoms with E-state index >= 15 is 0 Å². The van der Waals surface area contributed by atoms with Crippen LogP contribution in [0.25, 0.3) is 22.2 Å². The normalized spacial score (nSPS) is 13.9. The van der Waals surface area contributed by atoms with Gasteiger partial charge in [0, 0.05) is 23.7 Å². The van der Waals surface area contributed by atoms with E-state index in [2.05, 4.69) is 15.4 Å². The first kappa shape index (κ1) is 16.4. The van der Waals surface area contributed by atoms with Crippen LogP contribution in [0.4, 0.5) is 14.5 Å². The smallest absolute Gasteiger partial charge is 0.387 e. The van der Waals surface area contributed by atoms with Crippen molar-refractivity contribution in [3.05, 3.63) is 48.0 Å². The van der Waals surface area contributed by atoms with E-state index in [0.29, 0.717) is 17.2 Å². The Hall–Kier alpha value is -3.07. The quantitative estimate of drug-likeness (QED) is 0.672. The van der Waals surface area contributed by atoms with Crippen LogP contribution in [-0.2, 0) is 6.54 Å². The van der Waals surface area contributed by atoms with Crippen LogP contribution in [0.3, 0.4) is 0 Å². The lowest BCUT2D eigenvalue weighted by Crippen LogP contribution is -2.04. The Morgan fingerprint density at radius 2 is 1.92 bits per heavy atom. The highest BCUT2D eigenvalue weighted by Gasteiger charge is 2.26. The molecule has 0 saturated heterocycles. The fourth-order valence-corrected chi connectivity index (χ4v) is 3.31. The highest BCUT2D eigenvalue weighted by molar-refractivity contribution is 5.95. The summed E-state index contributed by atoms with van der Waals surface area (Å²) in [5.74, 6) is 0.639. The minimum Gasteiger partial charge on any atom is -0.435 e. The van der Waals surface area contributed by atoms with E-state index in [-0.39, 0.29) is 5.75 Å². The molecule has 4 rings (SSSR count). The van der Waals surface area contributed by atoms with Crippen molar-refractivity contribution in [2.24, 2.45) is 5.92 Å². The second-order valence-corrected chi connectivity index (χ2v) is 6.57. The highest BCUT2D eigenvalue weighted by Crippen LogP contribution is 2.39. The largest absolute Gasteiger partial charge is 0.435 e. The van der Waals surface area contributed by atoms with Gasteiger partial charge in [-0.1, -0.05) is 12.1 Å². The Balaban J connectivity index is 1.95. The van der Waals surface area contributed by atoms with Gasteiger partial charge in [0.15, 0.2) is 0 Å². The summed E-state index contributed by atoms with van der Waals surface area (Å²) < 4.78 is 31.8. The van der Waals surface area contributed by atoms with Crippen LogP contribution in [0.5, 0.6) is 5.75 Å². The SMILES string of the molecule is N#Cc1c(-c2ccc(N)cc2)n(CC2CC2)c2cc(OC(F)F)ccc12. The standard InChI is InChI=1S/C20H17F2N3O/c21-20(22)26-15-7-8-16-17(10-23)19(13-3-5-14(24)6-4-13)25(18(16)9-15)11-12-1-2-12/h3-9,12,20H,1-2,11,24H2. The number of nitrogens with zero attached hydrogens (tertiary/aromatic N) is 2. The first-order chi connectivity index (χ1) is 12.6. The number of ether oxygens (including phenoxy) is 1. The van der Waals surface area contributed by atoms with Crippen LogP contribution in [0.15, 0.2) is 42.5 Å². The third-order valence-electron chi connectivity index (χ3n) is 4.69.